The first-order chi connectivity index (χ1) is 12.1. The van der Waals surface area contributed by atoms with Crippen molar-refractivity contribution in [3.05, 3.63) is 30.2 Å². The van der Waals surface area contributed by atoms with Crippen molar-refractivity contribution in [2.75, 3.05) is 18.4 Å². The van der Waals surface area contributed by atoms with E-state index in [1.807, 2.05) is 13.0 Å². The molecule has 134 valence electrons. The lowest BCUT2D eigenvalue weighted by Crippen LogP contribution is -2.28. The van der Waals surface area contributed by atoms with E-state index in [1.165, 1.54) is 0 Å². The molecule has 1 aliphatic rings. The lowest BCUT2D eigenvalue weighted by atomic mass is 9.93. The van der Waals surface area contributed by atoms with Crippen LogP contribution in [0.3, 0.4) is 0 Å². The van der Waals surface area contributed by atoms with E-state index < -0.39 is 0 Å². The summed E-state index contributed by atoms with van der Waals surface area (Å²) in [6, 6.07) is 3.62. The van der Waals surface area contributed by atoms with E-state index in [-0.39, 0.29) is 5.91 Å². The van der Waals surface area contributed by atoms with Gasteiger partial charge in [-0.15, -0.1) is 0 Å². The molecule has 1 saturated heterocycles. The maximum Gasteiger partial charge on any atom is 0.241 e. The minimum absolute atomic E-state index is 0.00525. The highest BCUT2D eigenvalue weighted by molar-refractivity contribution is 5.92. The number of pyridine rings is 1. The van der Waals surface area contributed by atoms with Gasteiger partial charge in [0.05, 0.1) is 11.9 Å². The summed E-state index contributed by atoms with van der Waals surface area (Å²) in [5, 5.41) is 10.7. The highest BCUT2D eigenvalue weighted by Crippen LogP contribution is 2.31. The Labute approximate surface area is 147 Å². The van der Waals surface area contributed by atoms with Gasteiger partial charge in [-0.25, -0.2) is 4.68 Å². The monoisotopic (exact) mass is 343 g/mol. The molecule has 0 aromatic carbocycles. The summed E-state index contributed by atoms with van der Waals surface area (Å²) in [7, 11) is 1.80. The summed E-state index contributed by atoms with van der Waals surface area (Å²) < 4.78 is 7.50. The van der Waals surface area contributed by atoms with Crippen molar-refractivity contribution in [3.8, 4) is 11.6 Å². The van der Waals surface area contributed by atoms with E-state index in [1.54, 1.807) is 30.2 Å². The van der Waals surface area contributed by atoms with Crippen LogP contribution in [0.25, 0.3) is 0 Å². The number of nitrogens with zero attached hydrogens (tertiary/aromatic N) is 3. The summed E-state index contributed by atoms with van der Waals surface area (Å²) >= 11 is 0. The van der Waals surface area contributed by atoms with Crippen molar-refractivity contribution in [1.29, 1.82) is 0 Å². The molecule has 0 bridgehead atoms. The van der Waals surface area contributed by atoms with Crippen molar-refractivity contribution in [2.45, 2.75) is 32.6 Å². The minimum Gasteiger partial charge on any atom is -0.436 e. The van der Waals surface area contributed by atoms with Crippen LogP contribution in [0.4, 0.5) is 5.69 Å². The molecule has 0 unspecified atom stereocenters. The van der Waals surface area contributed by atoms with E-state index in [9.17, 15) is 4.79 Å². The zero-order chi connectivity index (χ0) is 17.6. The van der Waals surface area contributed by atoms with Crippen LogP contribution >= 0.6 is 0 Å². The Kier molecular flexibility index (Phi) is 5.65. The molecule has 25 heavy (non-hydrogen) atoms. The van der Waals surface area contributed by atoms with Crippen molar-refractivity contribution in [3.63, 3.8) is 0 Å². The SMILES string of the molecule is Cc1nn(C)c(Oc2cccnc2)c1NC(=O)CCC1CCNCC1. The van der Waals surface area contributed by atoms with Crippen LogP contribution in [0.2, 0.25) is 0 Å². The fourth-order valence-corrected chi connectivity index (χ4v) is 3.12. The van der Waals surface area contributed by atoms with Crippen molar-refractivity contribution in [2.24, 2.45) is 13.0 Å². The van der Waals surface area contributed by atoms with Crippen LogP contribution in [0.15, 0.2) is 24.5 Å². The molecule has 2 aromatic heterocycles. The Balaban J connectivity index is 1.64. The van der Waals surface area contributed by atoms with E-state index in [4.69, 9.17) is 4.74 Å². The molecule has 0 saturated carbocycles. The fraction of sp³-hybridized carbons (Fsp3) is 0.500. The number of rotatable bonds is 6. The number of anilines is 1. The van der Waals surface area contributed by atoms with Crippen molar-refractivity contribution in [1.82, 2.24) is 20.1 Å². The molecule has 2 N–H and O–H groups in total. The zero-order valence-electron chi connectivity index (χ0n) is 14.8. The maximum absolute atomic E-state index is 12.4. The first kappa shape index (κ1) is 17.4. The van der Waals surface area contributed by atoms with Crippen molar-refractivity contribution < 1.29 is 9.53 Å². The molecular weight excluding hydrogens is 318 g/mol. The number of ether oxygens (including phenoxy) is 1. The average Bonchev–Trinajstić information content (AvgIpc) is 2.89. The van der Waals surface area contributed by atoms with E-state index in [0.29, 0.717) is 29.7 Å². The number of hydrogen-bond donors (Lipinski definition) is 2. The van der Waals surface area contributed by atoms with E-state index in [0.717, 1.165) is 38.0 Å². The topological polar surface area (TPSA) is 81.1 Å². The van der Waals surface area contributed by atoms with Crippen LogP contribution in [0.5, 0.6) is 11.6 Å². The molecule has 7 nitrogen and oxygen atoms in total. The fourth-order valence-electron chi connectivity index (χ4n) is 3.12. The van der Waals surface area contributed by atoms with Gasteiger partial charge in [0.1, 0.15) is 11.4 Å². The summed E-state index contributed by atoms with van der Waals surface area (Å²) in [6.45, 7) is 3.96. The van der Waals surface area contributed by atoms with Gasteiger partial charge >= 0.3 is 0 Å². The second-order valence-corrected chi connectivity index (χ2v) is 6.46. The average molecular weight is 343 g/mol. The first-order valence-corrected chi connectivity index (χ1v) is 8.75. The zero-order valence-corrected chi connectivity index (χ0v) is 14.8. The maximum atomic E-state index is 12.4. The number of piperidine rings is 1. The number of carbonyl (C=O) groups excluding carboxylic acids is 1. The third-order valence-corrected chi connectivity index (χ3v) is 4.52. The van der Waals surface area contributed by atoms with Gasteiger partial charge in [-0.1, -0.05) is 0 Å². The molecule has 3 heterocycles. The predicted octanol–water partition coefficient (Wildman–Crippen LogP) is 2.63. The van der Waals surface area contributed by atoms with Crippen LogP contribution in [-0.2, 0) is 11.8 Å². The van der Waals surface area contributed by atoms with Crippen LogP contribution in [0, 0.1) is 12.8 Å². The number of amides is 1. The molecule has 0 aliphatic carbocycles. The Hall–Kier alpha value is -2.41. The number of hydrogen-bond acceptors (Lipinski definition) is 5. The second-order valence-electron chi connectivity index (χ2n) is 6.46. The van der Waals surface area contributed by atoms with Gasteiger partial charge in [0.2, 0.25) is 11.8 Å². The molecule has 3 rings (SSSR count). The first-order valence-electron chi connectivity index (χ1n) is 8.75. The van der Waals surface area contributed by atoms with Crippen LogP contribution in [-0.4, -0.2) is 33.8 Å². The number of aromatic nitrogens is 3. The van der Waals surface area contributed by atoms with Gasteiger partial charge in [-0.05, 0) is 57.3 Å². The standard InChI is InChI=1S/C18H25N5O2/c1-13-17(21-16(24)6-5-14-7-10-19-11-8-14)18(23(2)22-13)25-15-4-3-9-20-12-15/h3-4,9,12,14,19H,5-8,10-11H2,1-2H3,(H,21,24). The molecule has 1 fully saturated rings. The van der Waals surface area contributed by atoms with Crippen molar-refractivity contribution >= 4 is 11.6 Å². The molecular formula is C18H25N5O2. The lowest BCUT2D eigenvalue weighted by molar-refractivity contribution is -0.116. The molecule has 0 spiro atoms. The lowest BCUT2D eigenvalue weighted by Gasteiger charge is -2.22. The van der Waals surface area contributed by atoms with E-state index in [2.05, 4.69) is 20.7 Å². The summed E-state index contributed by atoms with van der Waals surface area (Å²) in [5.41, 5.74) is 1.36. The third kappa shape index (κ3) is 4.57. The molecule has 1 amide bonds. The molecule has 0 atom stereocenters. The number of carbonyl (C=O) groups is 1. The number of aryl methyl sites for hydroxylation is 2. The summed E-state index contributed by atoms with van der Waals surface area (Å²) in [6.07, 6.45) is 7.05. The van der Waals surface area contributed by atoms with Gasteiger partial charge in [0.25, 0.3) is 0 Å². The van der Waals surface area contributed by atoms with Gasteiger partial charge in [-0.2, -0.15) is 5.10 Å². The molecule has 7 heteroatoms. The summed E-state index contributed by atoms with van der Waals surface area (Å²) in [5.74, 6) is 1.76. The predicted molar refractivity (Wildman–Crippen MR) is 95.7 cm³/mol. The van der Waals surface area contributed by atoms with Gasteiger partial charge in [0, 0.05) is 19.7 Å². The molecule has 2 aromatic rings. The highest BCUT2D eigenvalue weighted by atomic mass is 16.5. The normalized spacial score (nSPS) is 15.1. The van der Waals surface area contributed by atoms with Gasteiger partial charge in [0.15, 0.2) is 0 Å². The van der Waals surface area contributed by atoms with Gasteiger partial charge in [-0.3, -0.25) is 9.78 Å². The smallest absolute Gasteiger partial charge is 0.241 e. The molecule has 0 radical (unpaired) electrons. The quantitative estimate of drug-likeness (QED) is 0.843. The Morgan fingerprint density at radius 3 is 2.96 bits per heavy atom. The Bertz CT molecular complexity index is 708. The molecule has 1 aliphatic heterocycles. The van der Waals surface area contributed by atoms with Crippen LogP contribution in [0.1, 0.15) is 31.4 Å². The number of nitrogens with one attached hydrogen (secondary N) is 2. The third-order valence-electron chi connectivity index (χ3n) is 4.52. The van der Waals surface area contributed by atoms with Gasteiger partial charge < -0.3 is 15.4 Å². The largest absolute Gasteiger partial charge is 0.436 e. The highest BCUT2D eigenvalue weighted by Gasteiger charge is 2.19. The Morgan fingerprint density at radius 1 is 1.44 bits per heavy atom. The Morgan fingerprint density at radius 2 is 2.24 bits per heavy atom. The minimum atomic E-state index is 0.00525. The van der Waals surface area contributed by atoms with E-state index >= 15 is 0 Å². The second kappa shape index (κ2) is 8.11. The van der Waals surface area contributed by atoms with Crippen LogP contribution < -0.4 is 15.4 Å². The summed E-state index contributed by atoms with van der Waals surface area (Å²) in [4.78, 5) is 16.4.